The minimum Gasteiger partial charge on any atom is -0.396 e. The van der Waals surface area contributed by atoms with Crippen molar-refractivity contribution in [3.8, 4) is 0 Å². The van der Waals surface area contributed by atoms with Crippen LogP contribution in [0.1, 0.15) is 10.4 Å². The smallest absolute Gasteiger partial charge is 0.256 e. The molecule has 0 unspecified atom stereocenters. The number of nitrogen functional groups attached to an aromatic ring is 1. The molecule has 1 heterocycles. The van der Waals surface area contributed by atoms with Crippen LogP contribution in [0.5, 0.6) is 0 Å². The first-order valence-corrected chi connectivity index (χ1v) is 4.79. The molecule has 0 saturated heterocycles. The lowest BCUT2D eigenvalue weighted by Gasteiger charge is -2.04. The summed E-state index contributed by atoms with van der Waals surface area (Å²) in [7, 11) is 0. The first-order valence-electron chi connectivity index (χ1n) is 4.79. The van der Waals surface area contributed by atoms with E-state index < -0.39 is 11.7 Å². The van der Waals surface area contributed by atoms with Crippen LogP contribution >= 0.6 is 0 Å². The zero-order valence-electron chi connectivity index (χ0n) is 8.72. The molecule has 1 aromatic heterocycles. The average molecular weight is 232 g/mol. The van der Waals surface area contributed by atoms with Crippen molar-refractivity contribution in [2.45, 2.75) is 0 Å². The summed E-state index contributed by atoms with van der Waals surface area (Å²) in [5, 5.41) is 2.54. The summed E-state index contributed by atoms with van der Waals surface area (Å²) in [4.78, 5) is 19.3. The Kier molecular flexibility index (Phi) is 2.95. The molecule has 17 heavy (non-hydrogen) atoms. The minimum absolute atomic E-state index is 0.0691. The number of halogens is 1. The normalized spacial score (nSPS) is 9.94. The summed E-state index contributed by atoms with van der Waals surface area (Å²) >= 11 is 0. The number of hydrogen-bond acceptors (Lipinski definition) is 4. The Labute approximate surface area is 96.5 Å². The zero-order chi connectivity index (χ0) is 12.3. The van der Waals surface area contributed by atoms with Crippen LogP contribution in [0, 0.1) is 5.82 Å². The Morgan fingerprint density at radius 3 is 2.82 bits per heavy atom. The number of nitrogens with zero attached hydrogens (tertiary/aromatic N) is 2. The van der Waals surface area contributed by atoms with Crippen molar-refractivity contribution in [2.75, 3.05) is 11.1 Å². The van der Waals surface area contributed by atoms with Gasteiger partial charge in [0, 0.05) is 11.8 Å². The van der Waals surface area contributed by atoms with Crippen molar-refractivity contribution in [3.63, 3.8) is 0 Å². The van der Waals surface area contributed by atoms with Crippen LogP contribution in [0.25, 0.3) is 0 Å². The predicted molar refractivity (Wildman–Crippen MR) is 60.8 cm³/mol. The van der Waals surface area contributed by atoms with Gasteiger partial charge in [-0.05, 0) is 24.3 Å². The van der Waals surface area contributed by atoms with E-state index in [1.54, 1.807) is 6.07 Å². The van der Waals surface area contributed by atoms with Crippen LogP contribution in [0.3, 0.4) is 0 Å². The summed E-state index contributed by atoms with van der Waals surface area (Å²) in [6.45, 7) is 0. The largest absolute Gasteiger partial charge is 0.396 e. The van der Waals surface area contributed by atoms with Crippen LogP contribution in [0.15, 0.2) is 36.8 Å². The van der Waals surface area contributed by atoms with Gasteiger partial charge in [-0.3, -0.25) is 4.79 Å². The van der Waals surface area contributed by atoms with E-state index in [9.17, 15) is 9.18 Å². The molecule has 0 aliphatic carbocycles. The second kappa shape index (κ2) is 4.56. The van der Waals surface area contributed by atoms with Crippen LogP contribution < -0.4 is 11.1 Å². The second-order valence-electron chi connectivity index (χ2n) is 3.29. The van der Waals surface area contributed by atoms with E-state index >= 15 is 0 Å². The van der Waals surface area contributed by atoms with E-state index in [1.807, 2.05) is 0 Å². The van der Waals surface area contributed by atoms with Crippen LogP contribution in [-0.4, -0.2) is 15.9 Å². The fourth-order valence-electron chi connectivity index (χ4n) is 1.24. The molecule has 3 N–H and O–H groups in total. The van der Waals surface area contributed by atoms with Crippen molar-refractivity contribution in [2.24, 2.45) is 0 Å². The number of anilines is 2. The summed E-state index contributed by atoms with van der Waals surface area (Å²) < 4.78 is 12.9. The first kappa shape index (κ1) is 11.0. The third-order valence-corrected chi connectivity index (χ3v) is 2.08. The van der Waals surface area contributed by atoms with E-state index in [-0.39, 0.29) is 11.3 Å². The van der Waals surface area contributed by atoms with E-state index in [4.69, 9.17) is 5.73 Å². The van der Waals surface area contributed by atoms with Gasteiger partial charge in [-0.25, -0.2) is 14.4 Å². The molecule has 0 aliphatic rings. The van der Waals surface area contributed by atoms with Crippen molar-refractivity contribution >= 4 is 17.4 Å². The number of hydrogen-bond donors (Lipinski definition) is 2. The lowest BCUT2D eigenvalue weighted by atomic mass is 10.2. The molecule has 0 atom stereocenters. The lowest BCUT2D eigenvalue weighted by molar-refractivity contribution is 0.102. The van der Waals surface area contributed by atoms with Crippen molar-refractivity contribution in [3.05, 3.63) is 48.2 Å². The van der Waals surface area contributed by atoms with E-state index in [2.05, 4.69) is 15.3 Å². The van der Waals surface area contributed by atoms with Gasteiger partial charge in [0.15, 0.2) is 0 Å². The molecular formula is C11H9FN4O. The third-order valence-electron chi connectivity index (χ3n) is 2.08. The number of benzene rings is 1. The maximum atomic E-state index is 12.9. The van der Waals surface area contributed by atoms with Crippen LogP contribution in [0.4, 0.5) is 15.9 Å². The lowest BCUT2D eigenvalue weighted by Crippen LogP contribution is -2.13. The molecule has 86 valence electrons. The van der Waals surface area contributed by atoms with Crippen molar-refractivity contribution < 1.29 is 9.18 Å². The Balaban J connectivity index is 2.18. The molecule has 2 aromatic rings. The number of rotatable bonds is 2. The van der Waals surface area contributed by atoms with Gasteiger partial charge in [0.1, 0.15) is 18.0 Å². The molecule has 2 rings (SSSR count). The van der Waals surface area contributed by atoms with Gasteiger partial charge in [-0.15, -0.1) is 0 Å². The Morgan fingerprint density at radius 1 is 1.35 bits per heavy atom. The zero-order valence-corrected chi connectivity index (χ0v) is 8.72. The standard InChI is InChI=1S/C11H9FN4O/c12-8-2-1-7(5-9(8)13)11(17)16-10-3-4-14-6-15-10/h1-6H,13H2,(H,14,15,16,17). The topological polar surface area (TPSA) is 80.9 Å². The quantitative estimate of drug-likeness (QED) is 0.768. The highest BCUT2D eigenvalue weighted by molar-refractivity contribution is 6.04. The van der Waals surface area contributed by atoms with Crippen molar-refractivity contribution in [1.29, 1.82) is 0 Å². The summed E-state index contributed by atoms with van der Waals surface area (Å²) in [5.74, 6) is -0.591. The number of carbonyl (C=O) groups excluding carboxylic acids is 1. The SMILES string of the molecule is Nc1cc(C(=O)Nc2ccncn2)ccc1F. The van der Waals surface area contributed by atoms with Gasteiger partial charge in [0.25, 0.3) is 5.91 Å². The van der Waals surface area contributed by atoms with Gasteiger partial charge < -0.3 is 11.1 Å². The number of nitrogens with one attached hydrogen (secondary N) is 1. The average Bonchev–Trinajstić information content (AvgIpc) is 2.34. The molecule has 1 amide bonds. The molecule has 0 fully saturated rings. The molecule has 5 nitrogen and oxygen atoms in total. The number of amides is 1. The van der Waals surface area contributed by atoms with E-state index in [1.165, 1.54) is 24.7 Å². The van der Waals surface area contributed by atoms with Gasteiger partial charge >= 0.3 is 0 Å². The summed E-state index contributed by atoms with van der Waals surface area (Å²) in [6.07, 6.45) is 2.82. The number of aromatic nitrogens is 2. The van der Waals surface area contributed by atoms with E-state index in [0.29, 0.717) is 5.82 Å². The Hall–Kier alpha value is -2.50. The van der Waals surface area contributed by atoms with Gasteiger partial charge in [-0.2, -0.15) is 0 Å². The maximum Gasteiger partial charge on any atom is 0.256 e. The predicted octanol–water partition coefficient (Wildman–Crippen LogP) is 1.45. The maximum absolute atomic E-state index is 12.9. The van der Waals surface area contributed by atoms with Crippen LogP contribution in [-0.2, 0) is 0 Å². The van der Waals surface area contributed by atoms with E-state index in [0.717, 1.165) is 6.07 Å². The third kappa shape index (κ3) is 2.54. The van der Waals surface area contributed by atoms with Crippen LogP contribution in [0.2, 0.25) is 0 Å². The molecule has 0 aliphatic heterocycles. The van der Waals surface area contributed by atoms with Gasteiger partial charge in [-0.1, -0.05) is 0 Å². The monoisotopic (exact) mass is 232 g/mol. The molecule has 0 bridgehead atoms. The molecule has 0 saturated carbocycles. The summed E-state index contributed by atoms with van der Waals surface area (Å²) in [6, 6.07) is 5.31. The molecule has 1 aromatic carbocycles. The first-order chi connectivity index (χ1) is 8.16. The summed E-state index contributed by atoms with van der Waals surface area (Å²) in [5.41, 5.74) is 5.57. The highest BCUT2D eigenvalue weighted by Gasteiger charge is 2.08. The molecule has 0 radical (unpaired) electrons. The molecule has 0 spiro atoms. The fourth-order valence-corrected chi connectivity index (χ4v) is 1.24. The second-order valence-corrected chi connectivity index (χ2v) is 3.29. The highest BCUT2D eigenvalue weighted by Crippen LogP contribution is 2.13. The minimum atomic E-state index is -0.552. The fraction of sp³-hybridized carbons (Fsp3) is 0. The number of carbonyl (C=O) groups is 1. The van der Waals surface area contributed by atoms with Gasteiger partial charge in [0.05, 0.1) is 5.69 Å². The Morgan fingerprint density at radius 2 is 2.18 bits per heavy atom. The Bertz CT molecular complexity index is 544. The highest BCUT2D eigenvalue weighted by atomic mass is 19.1. The number of nitrogens with two attached hydrogens (primary N) is 1. The molecule has 6 heteroatoms. The van der Waals surface area contributed by atoms with Crippen molar-refractivity contribution in [1.82, 2.24) is 9.97 Å². The van der Waals surface area contributed by atoms with Gasteiger partial charge in [0.2, 0.25) is 0 Å². The molecular weight excluding hydrogens is 223 g/mol.